The molecule has 2 aromatic carbocycles. The first-order valence-corrected chi connectivity index (χ1v) is 8.23. The molecule has 2 aromatic rings. The minimum Gasteiger partial charge on any atom is -0.348 e. The van der Waals surface area contributed by atoms with E-state index in [1.165, 1.54) is 11.1 Å². The molecule has 1 aliphatic rings. The summed E-state index contributed by atoms with van der Waals surface area (Å²) in [6.07, 6.45) is 1.99. The van der Waals surface area contributed by atoms with Gasteiger partial charge in [-0.25, -0.2) is 0 Å². The van der Waals surface area contributed by atoms with Gasteiger partial charge in [-0.3, -0.25) is 4.79 Å². The third-order valence-corrected chi connectivity index (χ3v) is 4.50. The van der Waals surface area contributed by atoms with Gasteiger partial charge in [0.25, 0.3) is 5.91 Å². The van der Waals surface area contributed by atoms with Crippen LogP contribution >= 0.6 is 11.8 Å². The van der Waals surface area contributed by atoms with Crippen molar-refractivity contribution in [1.82, 2.24) is 10.6 Å². The second-order valence-electron chi connectivity index (χ2n) is 5.09. The van der Waals surface area contributed by atoms with E-state index in [2.05, 4.69) is 28.8 Å². The lowest BCUT2D eigenvalue weighted by atomic mass is 10.1. The number of thioether (sulfide) groups is 1. The monoisotopic (exact) mass is 298 g/mol. The summed E-state index contributed by atoms with van der Waals surface area (Å²) in [6, 6.07) is 14.1. The molecule has 1 aliphatic heterocycles. The first-order valence-electron chi connectivity index (χ1n) is 7.00. The zero-order valence-electron chi connectivity index (χ0n) is 12.0. The number of carbonyl (C=O) groups is 1. The summed E-state index contributed by atoms with van der Waals surface area (Å²) in [6.45, 7) is 2.43. The lowest BCUT2D eigenvalue weighted by Gasteiger charge is -2.09. The SMILES string of the molecule is CSc1ccccc1C(=O)NCc1ccc2c(c1)CNC2. The van der Waals surface area contributed by atoms with Gasteiger partial charge in [-0.2, -0.15) is 0 Å². The molecule has 21 heavy (non-hydrogen) atoms. The van der Waals surface area contributed by atoms with Crippen molar-refractivity contribution in [3.05, 3.63) is 64.7 Å². The van der Waals surface area contributed by atoms with Crippen molar-refractivity contribution < 1.29 is 4.79 Å². The average Bonchev–Trinajstić information content (AvgIpc) is 3.00. The van der Waals surface area contributed by atoms with E-state index < -0.39 is 0 Å². The molecule has 0 spiro atoms. The lowest BCUT2D eigenvalue weighted by molar-refractivity contribution is 0.0948. The molecule has 0 aromatic heterocycles. The maximum absolute atomic E-state index is 12.3. The van der Waals surface area contributed by atoms with Crippen LogP contribution in [0.1, 0.15) is 27.0 Å². The molecule has 3 nitrogen and oxygen atoms in total. The number of nitrogens with one attached hydrogen (secondary N) is 2. The Hall–Kier alpha value is -1.78. The molecule has 1 heterocycles. The van der Waals surface area contributed by atoms with Gasteiger partial charge in [0.15, 0.2) is 0 Å². The van der Waals surface area contributed by atoms with Gasteiger partial charge in [0.2, 0.25) is 0 Å². The zero-order valence-corrected chi connectivity index (χ0v) is 12.8. The summed E-state index contributed by atoms with van der Waals surface area (Å²) in [4.78, 5) is 13.3. The summed E-state index contributed by atoms with van der Waals surface area (Å²) in [5.74, 6) is -0.0152. The van der Waals surface area contributed by atoms with E-state index in [0.717, 1.165) is 29.1 Å². The third-order valence-electron chi connectivity index (χ3n) is 3.71. The Morgan fingerprint density at radius 1 is 1.19 bits per heavy atom. The normalized spacial score (nSPS) is 13.0. The molecule has 1 amide bonds. The van der Waals surface area contributed by atoms with E-state index >= 15 is 0 Å². The van der Waals surface area contributed by atoms with Crippen molar-refractivity contribution in [2.45, 2.75) is 24.5 Å². The summed E-state index contributed by atoms with van der Waals surface area (Å²) in [7, 11) is 0. The van der Waals surface area contributed by atoms with Crippen LogP contribution in [0.25, 0.3) is 0 Å². The molecule has 3 rings (SSSR count). The molecule has 0 saturated carbocycles. The molecular formula is C17H18N2OS. The van der Waals surface area contributed by atoms with Crippen LogP contribution in [0.5, 0.6) is 0 Å². The average molecular weight is 298 g/mol. The Balaban J connectivity index is 1.68. The molecule has 0 saturated heterocycles. The summed E-state index contributed by atoms with van der Waals surface area (Å²) < 4.78 is 0. The molecule has 0 aliphatic carbocycles. The number of benzene rings is 2. The predicted octanol–water partition coefficient (Wildman–Crippen LogP) is 2.94. The number of carbonyl (C=O) groups excluding carboxylic acids is 1. The second kappa shape index (κ2) is 6.33. The Morgan fingerprint density at radius 3 is 2.86 bits per heavy atom. The summed E-state index contributed by atoms with van der Waals surface area (Å²) in [5.41, 5.74) is 4.59. The number of hydrogen-bond acceptors (Lipinski definition) is 3. The largest absolute Gasteiger partial charge is 0.348 e. The van der Waals surface area contributed by atoms with Crippen LogP contribution in [0.2, 0.25) is 0 Å². The Morgan fingerprint density at radius 2 is 2.00 bits per heavy atom. The highest BCUT2D eigenvalue weighted by Crippen LogP contribution is 2.20. The Labute approximate surface area is 129 Å². The molecule has 0 atom stereocenters. The van der Waals surface area contributed by atoms with Gasteiger partial charge in [-0.15, -0.1) is 11.8 Å². The highest BCUT2D eigenvalue weighted by molar-refractivity contribution is 7.98. The molecule has 4 heteroatoms. The maximum Gasteiger partial charge on any atom is 0.252 e. The number of rotatable bonds is 4. The number of amides is 1. The summed E-state index contributed by atoms with van der Waals surface area (Å²) >= 11 is 1.59. The van der Waals surface area contributed by atoms with Crippen molar-refractivity contribution in [1.29, 1.82) is 0 Å². The minimum absolute atomic E-state index is 0.0152. The topological polar surface area (TPSA) is 41.1 Å². The van der Waals surface area contributed by atoms with Crippen LogP contribution < -0.4 is 10.6 Å². The fourth-order valence-electron chi connectivity index (χ4n) is 2.57. The van der Waals surface area contributed by atoms with Crippen molar-refractivity contribution in [2.24, 2.45) is 0 Å². The van der Waals surface area contributed by atoms with Gasteiger partial charge in [0.05, 0.1) is 5.56 Å². The molecule has 108 valence electrons. The molecule has 0 radical (unpaired) electrons. The van der Waals surface area contributed by atoms with Crippen LogP contribution in [0.3, 0.4) is 0 Å². The molecule has 0 fully saturated rings. The second-order valence-corrected chi connectivity index (χ2v) is 5.94. The molecule has 0 bridgehead atoms. The zero-order chi connectivity index (χ0) is 14.7. The van der Waals surface area contributed by atoms with Gasteiger partial charge in [0, 0.05) is 24.5 Å². The Kier molecular flexibility index (Phi) is 4.27. The van der Waals surface area contributed by atoms with Crippen LogP contribution in [0, 0.1) is 0 Å². The molecular weight excluding hydrogens is 280 g/mol. The van der Waals surface area contributed by atoms with Gasteiger partial charge >= 0.3 is 0 Å². The first kappa shape index (κ1) is 14.2. The van der Waals surface area contributed by atoms with E-state index in [0.29, 0.717) is 6.54 Å². The van der Waals surface area contributed by atoms with E-state index in [9.17, 15) is 4.79 Å². The van der Waals surface area contributed by atoms with Gasteiger partial charge in [-0.05, 0) is 35.1 Å². The lowest BCUT2D eigenvalue weighted by Crippen LogP contribution is -2.23. The maximum atomic E-state index is 12.3. The fraction of sp³-hybridized carbons (Fsp3) is 0.235. The fourth-order valence-corrected chi connectivity index (χ4v) is 3.16. The molecule has 2 N–H and O–H groups in total. The standard InChI is InChI=1S/C17H18N2OS/c1-21-16-5-3-2-4-15(16)17(20)19-9-12-6-7-13-10-18-11-14(13)8-12/h2-8,18H,9-11H2,1H3,(H,19,20). The van der Waals surface area contributed by atoms with Crippen molar-refractivity contribution in [2.75, 3.05) is 6.26 Å². The van der Waals surface area contributed by atoms with Gasteiger partial charge in [0.1, 0.15) is 0 Å². The quantitative estimate of drug-likeness (QED) is 0.853. The Bertz CT molecular complexity index is 670. The van der Waals surface area contributed by atoms with Crippen LogP contribution in [0.15, 0.2) is 47.4 Å². The predicted molar refractivity (Wildman–Crippen MR) is 86.4 cm³/mol. The number of hydrogen-bond donors (Lipinski definition) is 2. The van der Waals surface area contributed by atoms with E-state index in [1.54, 1.807) is 11.8 Å². The van der Waals surface area contributed by atoms with E-state index in [4.69, 9.17) is 0 Å². The van der Waals surface area contributed by atoms with E-state index in [-0.39, 0.29) is 5.91 Å². The third kappa shape index (κ3) is 3.12. The molecule has 0 unspecified atom stereocenters. The highest BCUT2D eigenvalue weighted by atomic mass is 32.2. The first-order chi connectivity index (χ1) is 10.3. The smallest absolute Gasteiger partial charge is 0.252 e. The van der Waals surface area contributed by atoms with Gasteiger partial charge in [-0.1, -0.05) is 30.3 Å². The summed E-state index contributed by atoms with van der Waals surface area (Å²) in [5, 5.41) is 6.34. The van der Waals surface area contributed by atoms with Crippen LogP contribution in [-0.2, 0) is 19.6 Å². The van der Waals surface area contributed by atoms with Crippen molar-refractivity contribution >= 4 is 17.7 Å². The number of fused-ring (bicyclic) bond motifs is 1. The highest BCUT2D eigenvalue weighted by Gasteiger charge is 2.12. The minimum atomic E-state index is -0.0152. The van der Waals surface area contributed by atoms with Crippen molar-refractivity contribution in [3.63, 3.8) is 0 Å². The van der Waals surface area contributed by atoms with E-state index in [1.807, 2.05) is 30.5 Å². The van der Waals surface area contributed by atoms with Crippen LogP contribution in [-0.4, -0.2) is 12.2 Å². The van der Waals surface area contributed by atoms with Gasteiger partial charge < -0.3 is 10.6 Å². The van der Waals surface area contributed by atoms with Crippen LogP contribution in [0.4, 0.5) is 0 Å². The van der Waals surface area contributed by atoms with Crippen molar-refractivity contribution in [3.8, 4) is 0 Å².